The van der Waals surface area contributed by atoms with Gasteiger partial charge in [-0.2, -0.15) is 18.3 Å². The molecule has 0 spiro atoms. The largest absolute Gasteiger partial charge is 0.471 e. The fourth-order valence-corrected chi connectivity index (χ4v) is 4.79. The third-order valence-corrected chi connectivity index (χ3v) is 6.65. The average Bonchev–Trinajstić information content (AvgIpc) is 3.53. The molecule has 3 heterocycles. The monoisotopic (exact) mass is 555 g/mol. The summed E-state index contributed by atoms with van der Waals surface area (Å²) in [4.78, 5) is 28.8. The van der Waals surface area contributed by atoms with Crippen LogP contribution in [-0.4, -0.2) is 26.6 Å². The Morgan fingerprint density at radius 2 is 1.77 bits per heavy atom. The number of carbonyl (C=O) groups excluding carboxylic acids is 2. The van der Waals surface area contributed by atoms with E-state index in [9.17, 15) is 27.2 Å². The molecule has 0 aliphatic rings. The quantitative estimate of drug-likeness (QED) is 0.250. The number of aromatic nitrogens is 3. The van der Waals surface area contributed by atoms with Gasteiger partial charge in [-0.1, -0.05) is 30.3 Å². The van der Waals surface area contributed by atoms with Gasteiger partial charge < -0.3 is 15.8 Å². The SMILES string of the molecule is NC(=O)c1sc2nc(C(F)(F)F)cc(-c3ccccc3)c2c1NC(=O)c1ccn(COc2ccc(F)cc2)n1. The van der Waals surface area contributed by atoms with Crippen LogP contribution in [0.3, 0.4) is 0 Å². The summed E-state index contributed by atoms with van der Waals surface area (Å²) in [6, 6.07) is 15.8. The van der Waals surface area contributed by atoms with E-state index in [0.717, 1.165) is 6.07 Å². The first kappa shape index (κ1) is 25.9. The average molecular weight is 556 g/mol. The summed E-state index contributed by atoms with van der Waals surface area (Å²) >= 11 is 0.648. The number of primary amides is 1. The number of amides is 2. The first-order valence-electron chi connectivity index (χ1n) is 11.2. The third kappa shape index (κ3) is 5.43. The number of alkyl halides is 3. The van der Waals surface area contributed by atoms with Crippen molar-refractivity contribution in [3.05, 3.63) is 95.0 Å². The predicted molar refractivity (Wildman–Crippen MR) is 136 cm³/mol. The van der Waals surface area contributed by atoms with Crippen LogP contribution in [0.2, 0.25) is 0 Å². The smallest absolute Gasteiger partial charge is 0.433 e. The third-order valence-electron chi connectivity index (χ3n) is 5.55. The zero-order chi connectivity index (χ0) is 27.7. The van der Waals surface area contributed by atoms with Crippen molar-refractivity contribution in [3.8, 4) is 16.9 Å². The minimum Gasteiger partial charge on any atom is -0.471 e. The molecule has 0 radical (unpaired) electrons. The molecule has 2 amide bonds. The van der Waals surface area contributed by atoms with Crippen LogP contribution in [0.15, 0.2) is 72.9 Å². The van der Waals surface area contributed by atoms with E-state index in [1.54, 1.807) is 30.3 Å². The van der Waals surface area contributed by atoms with Gasteiger partial charge in [-0.3, -0.25) is 9.59 Å². The van der Waals surface area contributed by atoms with Crippen molar-refractivity contribution in [2.45, 2.75) is 12.9 Å². The minimum atomic E-state index is -4.75. The van der Waals surface area contributed by atoms with Crippen molar-refractivity contribution in [2.75, 3.05) is 5.32 Å². The summed E-state index contributed by atoms with van der Waals surface area (Å²) < 4.78 is 60.8. The van der Waals surface area contributed by atoms with E-state index in [1.165, 1.54) is 41.2 Å². The van der Waals surface area contributed by atoms with Gasteiger partial charge in [0.25, 0.3) is 11.8 Å². The normalized spacial score (nSPS) is 11.5. The summed E-state index contributed by atoms with van der Waals surface area (Å²) in [5.74, 6) is -1.72. The molecule has 8 nitrogen and oxygen atoms in total. The van der Waals surface area contributed by atoms with Gasteiger partial charge in [-0.15, -0.1) is 11.3 Å². The number of nitrogens with zero attached hydrogens (tertiary/aromatic N) is 3. The Morgan fingerprint density at radius 1 is 1.05 bits per heavy atom. The van der Waals surface area contributed by atoms with E-state index >= 15 is 0 Å². The molecule has 0 fully saturated rings. The Bertz CT molecular complexity index is 1680. The number of nitrogens with two attached hydrogens (primary N) is 1. The van der Waals surface area contributed by atoms with Crippen LogP contribution in [0.1, 0.15) is 25.9 Å². The van der Waals surface area contributed by atoms with Crippen molar-refractivity contribution in [2.24, 2.45) is 5.73 Å². The van der Waals surface area contributed by atoms with Crippen LogP contribution in [0.4, 0.5) is 23.2 Å². The molecule has 5 aromatic rings. The Labute approximate surface area is 221 Å². The van der Waals surface area contributed by atoms with E-state index in [-0.39, 0.29) is 38.8 Å². The second-order valence-corrected chi connectivity index (χ2v) is 9.19. The highest BCUT2D eigenvalue weighted by molar-refractivity contribution is 7.21. The maximum Gasteiger partial charge on any atom is 0.433 e. The number of rotatable bonds is 7. The molecule has 0 bridgehead atoms. The number of anilines is 1. The molecule has 0 aliphatic heterocycles. The molecule has 3 N–H and O–H groups in total. The molecule has 198 valence electrons. The fourth-order valence-electron chi connectivity index (χ4n) is 3.79. The van der Waals surface area contributed by atoms with Crippen molar-refractivity contribution in [3.63, 3.8) is 0 Å². The van der Waals surface area contributed by atoms with Crippen LogP contribution < -0.4 is 15.8 Å². The number of ether oxygens (including phenoxy) is 1. The zero-order valence-corrected chi connectivity index (χ0v) is 20.5. The summed E-state index contributed by atoms with van der Waals surface area (Å²) in [6.07, 6.45) is -3.29. The predicted octanol–water partition coefficient (Wildman–Crippen LogP) is 5.71. The molecule has 39 heavy (non-hydrogen) atoms. The van der Waals surface area contributed by atoms with E-state index in [4.69, 9.17) is 10.5 Å². The molecule has 0 saturated heterocycles. The number of fused-ring (bicyclic) bond motifs is 1. The summed E-state index contributed by atoms with van der Waals surface area (Å²) in [7, 11) is 0. The Balaban J connectivity index is 1.50. The Kier molecular flexibility index (Phi) is 6.74. The van der Waals surface area contributed by atoms with E-state index in [0.29, 0.717) is 22.6 Å². The van der Waals surface area contributed by atoms with Crippen LogP contribution in [-0.2, 0) is 12.9 Å². The fraction of sp³-hybridized carbons (Fsp3) is 0.0769. The highest BCUT2D eigenvalue weighted by Gasteiger charge is 2.35. The standard InChI is InChI=1S/C26H17F4N5O3S/c27-15-6-8-16(9-7-15)38-13-35-11-10-18(34-35)24(37)33-21-20-17(14-4-2-1-3-5-14)12-19(26(28,29)30)32-25(20)39-22(21)23(31)36/h1-12H,13H2,(H2,31,36)(H,33,37). The molecular formula is C26H17F4N5O3S. The van der Waals surface area contributed by atoms with Gasteiger partial charge in [-0.25, -0.2) is 14.1 Å². The van der Waals surface area contributed by atoms with Crippen LogP contribution in [0, 0.1) is 5.82 Å². The number of nitrogens with one attached hydrogen (secondary N) is 1. The molecule has 0 aliphatic carbocycles. The first-order chi connectivity index (χ1) is 18.6. The number of pyridine rings is 1. The Hall–Kier alpha value is -4.78. The second-order valence-electron chi connectivity index (χ2n) is 8.19. The summed E-state index contributed by atoms with van der Waals surface area (Å²) in [6.45, 7) is -0.0882. The van der Waals surface area contributed by atoms with Gasteiger partial charge in [0, 0.05) is 11.6 Å². The van der Waals surface area contributed by atoms with Gasteiger partial charge in [-0.05, 0) is 47.5 Å². The van der Waals surface area contributed by atoms with Gasteiger partial charge in [0.2, 0.25) is 0 Å². The number of halogens is 4. The molecule has 3 aromatic heterocycles. The topological polar surface area (TPSA) is 112 Å². The number of carbonyl (C=O) groups is 2. The first-order valence-corrected chi connectivity index (χ1v) is 12.0. The molecule has 2 aromatic carbocycles. The molecule has 0 atom stereocenters. The van der Waals surface area contributed by atoms with Crippen LogP contribution in [0.25, 0.3) is 21.3 Å². The number of thiophene rings is 1. The lowest BCUT2D eigenvalue weighted by molar-refractivity contribution is -0.140. The lowest BCUT2D eigenvalue weighted by Gasteiger charge is -2.12. The molecule has 13 heteroatoms. The van der Waals surface area contributed by atoms with E-state index < -0.39 is 29.5 Å². The maximum absolute atomic E-state index is 13.6. The molecule has 0 saturated carbocycles. The van der Waals surface area contributed by atoms with Gasteiger partial charge in [0.1, 0.15) is 27.0 Å². The lowest BCUT2D eigenvalue weighted by Crippen LogP contribution is -2.18. The summed E-state index contributed by atoms with van der Waals surface area (Å²) in [5, 5.41) is 6.86. The minimum absolute atomic E-state index is 0.0615. The maximum atomic E-state index is 13.6. The van der Waals surface area contributed by atoms with Crippen LogP contribution >= 0.6 is 11.3 Å². The number of hydrogen-bond donors (Lipinski definition) is 2. The molecule has 0 unspecified atom stereocenters. The van der Waals surface area contributed by atoms with Crippen molar-refractivity contribution >= 4 is 39.1 Å². The van der Waals surface area contributed by atoms with Gasteiger partial charge in [0.15, 0.2) is 12.4 Å². The molecule has 5 rings (SSSR count). The van der Waals surface area contributed by atoms with Crippen molar-refractivity contribution < 1.29 is 31.9 Å². The van der Waals surface area contributed by atoms with Crippen LogP contribution in [0.5, 0.6) is 5.75 Å². The number of benzene rings is 2. The number of hydrogen-bond acceptors (Lipinski definition) is 6. The van der Waals surface area contributed by atoms with E-state index in [2.05, 4.69) is 15.4 Å². The van der Waals surface area contributed by atoms with Gasteiger partial charge >= 0.3 is 6.18 Å². The van der Waals surface area contributed by atoms with Crippen molar-refractivity contribution in [1.29, 1.82) is 0 Å². The highest BCUT2D eigenvalue weighted by Crippen LogP contribution is 2.43. The van der Waals surface area contributed by atoms with Gasteiger partial charge in [0.05, 0.1) is 5.69 Å². The molecular weight excluding hydrogens is 538 g/mol. The summed E-state index contributed by atoms with van der Waals surface area (Å²) in [5.41, 5.74) is 4.78. The second kappa shape index (κ2) is 10.2. The van der Waals surface area contributed by atoms with Crippen molar-refractivity contribution in [1.82, 2.24) is 14.8 Å². The lowest BCUT2D eigenvalue weighted by atomic mass is 10.0. The zero-order valence-electron chi connectivity index (χ0n) is 19.7. The Morgan fingerprint density at radius 3 is 2.44 bits per heavy atom. The van der Waals surface area contributed by atoms with E-state index in [1.807, 2.05) is 0 Å². The highest BCUT2D eigenvalue weighted by atomic mass is 32.1.